The van der Waals surface area contributed by atoms with E-state index in [1.165, 1.54) is 12.7 Å². The summed E-state index contributed by atoms with van der Waals surface area (Å²) in [6.45, 7) is 0. The number of allylic oxidation sites excluding steroid dienone is 2. The van der Waals surface area contributed by atoms with E-state index in [0.29, 0.717) is 12.2 Å². The molecule has 1 aromatic heterocycles. The van der Waals surface area contributed by atoms with E-state index >= 15 is 0 Å². The molecular formula is C29H24N2O3. The molecular weight excluding hydrogens is 424 g/mol. The number of hydrogen-bond donors (Lipinski definition) is 2. The Morgan fingerprint density at radius 2 is 1.82 bits per heavy atom. The van der Waals surface area contributed by atoms with Crippen molar-refractivity contribution < 1.29 is 14.6 Å². The van der Waals surface area contributed by atoms with Crippen molar-refractivity contribution in [3.8, 4) is 11.5 Å². The van der Waals surface area contributed by atoms with Gasteiger partial charge in [-0.1, -0.05) is 42.5 Å². The van der Waals surface area contributed by atoms with Gasteiger partial charge < -0.3 is 15.2 Å². The smallest absolute Gasteiger partial charge is 0.162 e. The maximum atomic E-state index is 13.8. The molecule has 0 radical (unpaired) electrons. The van der Waals surface area contributed by atoms with Gasteiger partial charge in [-0.25, -0.2) is 0 Å². The summed E-state index contributed by atoms with van der Waals surface area (Å²) in [5.74, 6) is 0.472. The zero-order valence-corrected chi connectivity index (χ0v) is 18.8. The van der Waals surface area contributed by atoms with Gasteiger partial charge in [-0.3, -0.25) is 9.78 Å². The number of pyridine rings is 1. The first-order valence-electron chi connectivity index (χ1n) is 11.5. The number of methoxy groups -OCH3 is 1. The Hall–Kier alpha value is -4.12. The number of phenolic OH excluding ortho intramolecular Hbond substituents is 1. The molecule has 2 heterocycles. The number of rotatable bonds is 3. The molecule has 5 nitrogen and oxygen atoms in total. The first kappa shape index (κ1) is 20.5. The molecule has 0 fully saturated rings. The lowest BCUT2D eigenvalue weighted by Crippen LogP contribution is -2.30. The van der Waals surface area contributed by atoms with E-state index in [2.05, 4.69) is 34.6 Å². The number of ether oxygens (including phenoxy) is 1. The summed E-state index contributed by atoms with van der Waals surface area (Å²) < 4.78 is 5.41. The SMILES string of the molecule is COc1cc(C2C3=C(CC(c4ccccc4)CC3=O)Nc3ccc4ncccc4c32)ccc1O. The zero-order chi connectivity index (χ0) is 23.2. The van der Waals surface area contributed by atoms with Gasteiger partial charge in [0.15, 0.2) is 17.3 Å². The molecule has 0 saturated heterocycles. The number of nitrogens with zero attached hydrogens (tertiary/aromatic N) is 1. The molecule has 2 atom stereocenters. The monoisotopic (exact) mass is 448 g/mol. The van der Waals surface area contributed by atoms with Crippen molar-refractivity contribution >= 4 is 22.4 Å². The van der Waals surface area contributed by atoms with Crippen molar-refractivity contribution in [3.63, 3.8) is 0 Å². The van der Waals surface area contributed by atoms with Gasteiger partial charge in [-0.05, 0) is 59.4 Å². The van der Waals surface area contributed by atoms with Crippen LogP contribution in [0.2, 0.25) is 0 Å². The van der Waals surface area contributed by atoms with Crippen LogP contribution in [0, 0.1) is 0 Å². The van der Waals surface area contributed by atoms with Crippen molar-refractivity contribution in [2.24, 2.45) is 0 Å². The molecule has 5 heteroatoms. The average Bonchev–Trinajstić information content (AvgIpc) is 2.88. The molecule has 168 valence electrons. The summed E-state index contributed by atoms with van der Waals surface area (Å²) in [4.78, 5) is 18.3. The number of aromatic nitrogens is 1. The molecule has 2 N–H and O–H groups in total. The molecule has 4 aromatic rings. The standard InChI is InChI=1S/C29H24N2O3/c1-34-26-16-18(9-12-24(26)32)27-28-20-8-5-13-30-21(20)10-11-22(28)31-23-14-19(15-25(33)29(23)27)17-6-3-2-4-7-17/h2-13,16,19,27,31-32H,14-15H2,1H3. The largest absolute Gasteiger partial charge is 0.504 e. The molecule has 6 rings (SSSR count). The Morgan fingerprint density at radius 3 is 2.65 bits per heavy atom. The maximum Gasteiger partial charge on any atom is 0.162 e. The number of fused-ring (bicyclic) bond motifs is 3. The van der Waals surface area contributed by atoms with Gasteiger partial charge in [0.1, 0.15) is 0 Å². The third kappa shape index (κ3) is 3.24. The summed E-state index contributed by atoms with van der Waals surface area (Å²) in [6.07, 6.45) is 3.01. The van der Waals surface area contributed by atoms with E-state index in [4.69, 9.17) is 4.74 Å². The van der Waals surface area contributed by atoms with Crippen molar-refractivity contribution in [2.45, 2.75) is 24.7 Å². The Kier molecular flexibility index (Phi) is 4.84. The van der Waals surface area contributed by atoms with Crippen molar-refractivity contribution in [2.75, 3.05) is 12.4 Å². The minimum Gasteiger partial charge on any atom is -0.504 e. The number of phenols is 1. The highest BCUT2D eigenvalue weighted by Crippen LogP contribution is 2.50. The Balaban J connectivity index is 1.57. The molecule has 0 saturated carbocycles. The van der Waals surface area contributed by atoms with Crippen LogP contribution in [-0.2, 0) is 4.79 Å². The van der Waals surface area contributed by atoms with E-state index in [1.54, 1.807) is 12.3 Å². The predicted molar refractivity (Wildman–Crippen MR) is 132 cm³/mol. The lowest BCUT2D eigenvalue weighted by molar-refractivity contribution is -0.116. The van der Waals surface area contributed by atoms with E-state index in [1.807, 2.05) is 42.5 Å². The quantitative estimate of drug-likeness (QED) is 0.408. The topological polar surface area (TPSA) is 71.5 Å². The Bertz CT molecular complexity index is 1460. The Morgan fingerprint density at radius 1 is 0.971 bits per heavy atom. The molecule has 2 unspecified atom stereocenters. The molecule has 3 aromatic carbocycles. The van der Waals surface area contributed by atoms with E-state index in [9.17, 15) is 9.90 Å². The van der Waals surface area contributed by atoms with E-state index in [-0.39, 0.29) is 23.4 Å². The number of benzene rings is 3. The molecule has 0 amide bonds. The summed E-state index contributed by atoms with van der Waals surface area (Å²) in [5, 5.41) is 14.8. The van der Waals surface area contributed by atoms with Crippen LogP contribution in [-0.4, -0.2) is 23.0 Å². The zero-order valence-electron chi connectivity index (χ0n) is 18.8. The van der Waals surface area contributed by atoms with Crippen LogP contribution in [0.1, 0.15) is 41.4 Å². The molecule has 1 aliphatic heterocycles. The fourth-order valence-corrected chi connectivity index (χ4v) is 5.45. The number of nitrogens with one attached hydrogen (secondary N) is 1. The highest BCUT2D eigenvalue weighted by atomic mass is 16.5. The summed E-state index contributed by atoms with van der Waals surface area (Å²) in [7, 11) is 1.54. The molecule has 0 bridgehead atoms. The lowest BCUT2D eigenvalue weighted by atomic mass is 9.71. The maximum absolute atomic E-state index is 13.8. The van der Waals surface area contributed by atoms with Gasteiger partial charge in [0.05, 0.1) is 12.6 Å². The van der Waals surface area contributed by atoms with Crippen LogP contribution < -0.4 is 10.1 Å². The normalized spacial score (nSPS) is 19.4. The van der Waals surface area contributed by atoms with Gasteiger partial charge in [0, 0.05) is 40.9 Å². The number of anilines is 1. The first-order valence-corrected chi connectivity index (χ1v) is 11.5. The average molecular weight is 449 g/mol. The van der Waals surface area contributed by atoms with Crippen LogP contribution in [0.5, 0.6) is 11.5 Å². The van der Waals surface area contributed by atoms with Gasteiger partial charge >= 0.3 is 0 Å². The van der Waals surface area contributed by atoms with Gasteiger partial charge in [0.2, 0.25) is 0 Å². The fraction of sp³-hybridized carbons (Fsp3) is 0.172. The molecule has 34 heavy (non-hydrogen) atoms. The summed E-state index contributed by atoms with van der Waals surface area (Å²) >= 11 is 0. The lowest BCUT2D eigenvalue weighted by Gasteiger charge is -2.37. The third-order valence-corrected chi connectivity index (χ3v) is 7.01. The molecule has 0 spiro atoms. The fourth-order valence-electron chi connectivity index (χ4n) is 5.45. The molecule has 2 aliphatic rings. The number of Topliss-reactive ketones (excluding diaryl/α,β-unsaturated/α-hetero) is 1. The first-order chi connectivity index (χ1) is 16.6. The summed E-state index contributed by atoms with van der Waals surface area (Å²) in [6, 6.07) is 23.7. The highest BCUT2D eigenvalue weighted by molar-refractivity contribution is 6.04. The van der Waals surface area contributed by atoms with Crippen molar-refractivity contribution in [1.82, 2.24) is 4.98 Å². The molecule has 1 aliphatic carbocycles. The third-order valence-electron chi connectivity index (χ3n) is 7.01. The number of carbonyl (C=O) groups is 1. The minimum atomic E-state index is -0.280. The number of hydrogen-bond acceptors (Lipinski definition) is 5. The second-order valence-corrected chi connectivity index (χ2v) is 8.92. The number of carbonyl (C=O) groups excluding carboxylic acids is 1. The van der Waals surface area contributed by atoms with Crippen LogP contribution in [0.3, 0.4) is 0 Å². The Labute approximate surface area is 197 Å². The van der Waals surface area contributed by atoms with Crippen molar-refractivity contribution in [3.05, 3.63) is 107 Å². The predicted octanol–water partition coefficient (Wildman–Crippen LogP) is 5.91. The highest BCUT2D eigenvalue weighted by Gasteiger charge is 2.39. The van der Waals surface area contributed by atoms with Gasteiger partial charge in [-0.2, -0.15) is 0 Å². The minimum absolute atomic E-state index is 0.0771. The van der Waals surface area contributed by atoms with Gasteiger partial charge in [-0.15, -0.1) is 0 Å². The summed E-state index contributed by atoms with van der Waals surface area (Å²) in [5.41, 5.74) is 6.75. The van der Waals surface area contributed by atoms with Crippen LogP contribution in [0.25, 0.3) is 10.9 Å². The number of aromatic hydroxyl groups is 1. The second kappa shape index (κ2) is 8.03. The van der Waals surface area contributed by atoms with E-state index < -0.39 is 0 Å². The second-order valence-electron chi connectivity index (χ2n) is 8.92. The van der Waals surface area contributed by atoms with Crippen LogP contribution in [0.15, 0.2) is 90.3 Å². The van der Waals surface area contributed by atoms with Crippen LogP contribution in [0.4, 0.5) is 5.69 Å². The van der Waals surface area contributed by atoms with Crippen molar-refractivity contribution in [1.29, 1.82) is 0 Å². The number of ketones is 1. The van der Waals surface area contributed by atoms with Crippen LogP contribution >= 0.6 is 0 Å². The van der Waals surface area contributed by atoms with Gasteiger partial charge in [0.25, 0.3) is 0 Å². The van der Waals surface area contributed by atoms with E-state index in [0.717, 1.165) is 45.4 Å².